The molecule has 3 nitrogen and oxygen atoms in total. The van der Waals surface area contributed by atoms with E-state index in [9.17, 15) is 4.79 Å². The predicted octanol–water partition coefficient (Wildman–Crippen LogP) is 2.26. The van der Waals surface area contributed by atoms with Gasteiger partial charge in [-0.1, -0.05) is 26.2 Å². The van der Waals surface area contributed by atoms with Crippen LogP contribution in [-0.2, 0) is 4.79 Å². The number of Topliss-reactive ketones (excluding diaryl/α,β-unsaturated/α-hetero) is 1. The molecule has 100 valence electrons. The van der Waals surface area contributed by atoms with E-state index >= 15 is 0 Å². The van der Waals surface area contributed by atoms with Gasteiger partial charge in [0.05, 0.1) is 0 Å². The quantitative estimate of drug-likeness (QED) is 0.672. The molecule has 0 saturated heterocycles. The lowest BCUT2D eigenvalue weighted by molar-refractivity contribution is -0.121. The molecular weight excluding hydrogens is 214 g/mol. The second-order valence-electron chi connectivity index (χ2n) is 5.62. The van der Waals surface area contributed by atoms with Crippen LogP contribution in [0.3, 0.4) is 0 Å². The normalized spacial score (nSPS) is 29.2. The average molecular weight is 241 g/mol. The highest BCUT2D eigenvalue weighted by Crippen LogP contribution is 2.31. The van der Waals surface area contributed by atoms with Crippen molar-refractivity contribution in [2.45, 2.75) is 64.3 Å². The van der Waals surface area contributed by atoms with Crippen molar-refractivity contribution in [2.24, 2.45) is 17.6 Å². The van der Waals surface area contributed by atoms with Crippen LogP contribution in [0.4, 0.5) is 0 Å². The highest BCUT2D eigenvalue weighted by molar-refractivity contribution is 5.79. The third-order valence-electron chi connectivity index (χ3n) is 4.09. The number of nitrogens with two attached hydrogens (primary N) is 1. The number of unbranched alkanes of at least 4 members (excludes halogenated alkanes) is 2. The van der Waals surface area contributed by atoms with Gasteiger partial charge in [0.2, 0.25) is 0 Å². The van der Waals surface area contributed by atoms with Gasteiger partial charge in [-0.15, -0.1) is 0 Å². The number of carbonyl (C=O) groups is 1. The van der Waals surface area contributed by atoms with E-state index in [-0.39, 0.29) is 12.4 Å². The maximum atomic E-state index is 10.9. The van der Waals surface area contributed by atoms with Crippen LogP contribution in [0.2, 0.25) is 0 Å². The smallest absolute Gasteiger partial charge is 0.158 e. The van der Waals surface area contributed by atoms with Gasteiger partial charge in [0.1, 0.15) is 6.61 Å². The molecule has 1 fully saturated rings. The van der Waals surface area contributed by atoms with Gasteiger partial charge >= 0.3 is 0 Å². The van der Waals surface area contributed by atoms with E-state index in [1.165, 1.54) is 32.1 Å². The molecule has 0 aromatic rings. The fraction of sp³-hybridized carbons (Fsp3) is 0.929. The Bertz CT molecular complexity index is 230. The summed E-state index contributed by atoms with van der Waals surface area (Å²) in [6.45, 7) is 1.97. The Morgan fingerprint density at radius 3 is 2.71 bits per heavy atom. The Hall–Kier alpha value is -0.410. The third-order valence-corrected chi connectivity index (χ3v) is 4.09. The Labute approximate surface area is 105 Å². The van der Waals surface area contributed by atoms with Gasteiger partial charge in [0.15, 0.2) is 5.78 Å². The molecule has 0 heterocycles. The summed E-state index contributed by atoms with van der Waals surface area (Å²) < 4.78 is 0. The van der Waals surface area contributed by atoms with E-state index in [0.29, 0.717) is 18.4 Å². The number of aliphatic hydroxyl groups is 1. The van der Waals surface area contributed by atoms with Crippen LogP contribution in [0, 0.1) is 11.8 Å². The Balaban J connectivity index is 2.01. The number of aliphatic hydroxyl groups excluding tert-OH is 1. The monoisotopic (exact) mass is 241 g/mol. The van der Waals surface area contributed by atoms with E-state index in [2.05, 4.69) is 6.92 Å². The van der Waals surface area contributed by atoms with E-state index in [0.717, 1.165) is 18.8 Å². The largest absolute Gasteiger partial charge is 0.389 e. The molecule has 17 heavy (non-hydrogen) atoms. The highest BCUT2D eigenvalue weighted by atomic mass is 16.3. The Morgan fingerprint density at radius 1 is 1.29 bits per heavy atom. The summed E-state index contributed by atoms with van der Waals surface area (Å²) in [7, 11) is 0. The van der Waals surface area contributed by atoms with Crippen molar-refractivity contribution in [3.05, 3.63) is 0 Å². The zero-order valence-electron chi connectivity index (χ0n) is 11.0. The van der Waals surface area contributed by atoms with Crippen molar-refractivity contribution >= 4 is 5.78 Å². The van der Waals surface area contributed by atoms with Crippen LogP contribution in [0.15, 0.2) is 0 Å². The molecule has 0 bridgehead atoms. The molecule has 0 amide bonds. The lowest BCUT2D eigenvalue weighted by atomic mass is 9.77. The zero-order chi connectivity index (χ0) is 12.7. The Morgan fingerprint density at radius 2 is 2.06 bits per heavy atom. The molecule has 0 aliphatic heterocycles. The summed E-state index contributed by atoms with van der Waals surface area (Å²) in [4.78, 5) is 10.9. The van der Waals surface area contributed by atoms with Gasteiger partial charge in [-0.05, 0) is 37.5 Å². The summed E-state index contributed by atoms with van der Waals surface area (Å²) >= 11 is 0. The molecule has 3 heteroatoms. The van der Waals surface area contributed by atoms with Gasteiger partial charge in [0, 0.05) is 12.5 Å². The second-order valence-corrected chi connectivity index (χ2v) is 5.62. The fourth-order valence-electron chi connectivity index (χ4n) is 2.80. The molecule has 1 unspecified atom stereocenters. The predicted molar refractivity (Wildman–Crippen MR) is 69.7 cm³/mol. The van der Waals surface area contributed by atoms with Crippen molar-refractivity contribution in [3.8, 4) is 0 Å². The maximum Gasteiger partial charge on any atom is 0.158 e. The standard InChI is InChI=1S/C14H27NO2/c1-11-9-12(7-8-14(11)15)5-3-2-4-6-13(17)10-16/h11-12,14,16H,2-10,15H2,1H3/t11-,12?,14-/m1/s1. The van der Waals surface area contributed by atoms with Crippen molar-refractivity contribution in [1.82, 2.24) is 0 Å². The summed E-state index contributed by atoms with van der Waals surface area (Å²) in [6.07, 6.45) is 8.81. The van der Waals surface area contributed by atoms with Crippen LogP contribution in [0.5, 0.6) is 0 Å². The van der Waals surface area contributed by atoms with Crippen LogP contribution in [0.25, 0.3) is 0 Å². The molecule has 0 aromatic carbocycles. The molecule has 1 aliphatic carbocycles. The summed E-state index contributed by atoms with van der Waals surface area (Å²) in [5.41, 5.74) is 6.00. The second kappa shape index (κ2) is 7.83. The maximum absolute atomic E-state index is 10.9. The third kappa shape index (κ3) is 5.64. The van der Waals surface area contributed by atoms with Crippen molar-refractivity contribution in [3.63, 3.8) is 0 Å². The number of hydrogen-bond acceptors (Lipinski definition) is 3. The lowest BCUT2D eigenvalue weighted by Crippen LogP contribution is -2.34. The molecule has 1 rings (SSSR count). The van der Waals surface area contributed by atoms with Crippen molar-refractivity contribution in [1.29, 1.82) is 0 Å². The van der Waals surface area contributed by atoms with Crippen molar-refractivity contribution < 1.29 is 9.90 Å². The first-order valence-corrected chi connectivity index (χ1v) is 7.01. The first-order chi connectivity index (χ1) is 8.13. The zero-order valence-corrected chi connectivity index (χ0v) is 11.0. The molecular formula is C14H27NO2. The van der Waals surface area contributed by atoms with Crippen LogP contribution in [0.1, 0.15) is 58.3 Å². The van der Waals surface area contributed by atoms with Gasteiger partial charge in [-0.25, -0.2) is 0 Å². The van der Waals surface area contributed by atoms with Gasteiger partial charge < -0.3 is 10.8 Å². The van der Waals surface area contributed by atoms with Crippen LogP contribution >= 0.6 is 0 Å². The van der Waals surface area contributed by atoms with Gasteiger partial charge in [-0.2, -0.15) is 0 Å². The average Bonchev–Trinajstić information content (AvgIpc) is 2.33. The molecule has 1 saturated carbocycles. The number of rotatable bonds is 7. The summed E-state index contributed by atoms with van der Waals surface area (Å²) in [5.74, 6) is 1.49. The molecule has 0 spiro atoms. The lowest BCUT2D eigenvalue weighted by Gasteiger charge is -2.31. The van der Waals surface area contributed by atoms with Crippen molar-refractivity contribution in [2.75, 3.05) is 6.61 Å². The van der Waals surface area contributed by atoms with Gasteiger partial charge in [-0.3, -0.25) is 4.79 Å². The summed E-state index contributed by atoms with van der Waals surface area (Å²) in [6, 6.07) is 0.411. The number of hydrogen-bond donors (Lipinski definition) is 2. The molecule has 3 atom stereocenters. The minimum absolute atomic E-state index is 0.0257. The molecule has 1 aliphatic rings. The Kier molecular flexibility index (Phi) is 6.75. The number of carbonyl (C=O) groups excluding carboxylic acids is 1. The SMILES string of the molecule is C[C@@H]1CC(CCCCCC(=O)CO)CC[C@H]1N. The minimum atomic E-state index is -0.294. The van der Waals surface area contributed by atoms with E-state index in [1.807, 2.05) is 0 Å². The molecule has 0 aromatic heterocycles. The highest BCUT2D eigenvalue weighted by Gasteiger charge is 2.24. The molecule has 3 N–H and O–H groups in total. The summed E-state index contributed by atoms with van der Waals surface area (Å²) in [5, 5.41) is 8.59. The number of ketones is 1. The topological polar surface area (TPSA) is 63.3 Å². The van der Waals surface area contributed by atoms with E-state index in [4.69, 9.17) is 10.8 Å². The van der Waals surface area contributed by atoms with Crippen LogP contribution in [-0.4, -0.2) is 23.5 Å². The van der Waals surface area contributed by atoms with Crippen LogP contribution < -0.4 is 5.73 Å². The fourth-order valence-corrected chi connectivity index (χ4v) is 2.80. The minimum Gasteiger partial charge on any atom is -0.389 e. The molecule has 0 radical (unpaired) electrons. The van der Waals surface area contributed by atoms with Gasteiger partial charge in [0.25, 0.3) is 0 Å². The van der Waals surface area contributed by atoms with E-state index < -0.39 is 0 Å². The first-order valence-electron chi connectivity index (χ1n) is 7.01. The first kappa shape index (κ1) is 14.7. The van der Waals surface area contributed by atoms with E-state index in [1.54, 1.807) is 0 Å².